The van der Waals surface area contributed by atoms with Crippen molar-refractivity contribution < 1.29 is 4.84 Å². The van der Waals surface area contributed by atoms with Gasteiger partial charge in [-0.2, -0.15) is 0 Å². The molecule has 76 valence electrons. The fraction of sp³-hybridized carbons (Fsp3) is 0.444. The summed E-state index contributed by atoms with van der Waals surface area (Å²) >= 11 is 6.94. The third-order valence-corrected chi connectivity index (χ3v) is 4.91. The summed E-state index contributed by atoms with van der Waals surface area (Å²) in [4.78, 5) is 6.49. The molecule has 1 aliphatic rings. The van der Waals surface area contributed by atoms with E-state index in [2.05, 4.69) is 39.5 Å². The number of oxime groups is 1. The molecule has 0 fully saturated rings. The first-order valence-corrected chi connectivity index (χ1v) is 7.42. The van der Waals surface area contributed by atoms with Gasteiger partial charge in [0.1, 0.15) is 11.8 Å². The predicted octanol–water partition coefficient (Wildman–Crippen LogP) is 3.36. The fourth-order valence-corrected chi connectivity index (χ4v) is 3.12. The molecule has 1 aliphatic heterocycles. The molecular weight excluding hydrogens is 282 g/mol. The lowest BCUT2D eigenvalue weighted by atomic mass is 10.2. The van der Waals surface area contributed by atoms with E-state index in [0.29, 0.717) is 0 Å². The van der Waals surface area contributed by atoms with E-state index in [-0.39, 0.29) is 6.10 Å². The average molecular weight is 292 g/mol. The van der Waals surface area contributed by atoms with Crippen molar-refractivity contribution in [3.8, 4) is 0 Å². The molecular formula is C9H10BrNOS2. The van der Waals surface area contributed by atoms with E-state index < -0.39 is 0 Å². The van der Waals surface area contributed by atoms with Gasteiger partial charge in [0.25, 0.3) is 0 Å². The van der Waals surface area contributed by atoms with Crippen molar-refractivity contribution in [2.45, 2.75) is 16.7 Å². The molecule has 0 aliphatic carbocycles. The molecule has 2 nitrogen and oxygen atoms in total. The highest BCUT2D eigenvalue weighted by Crippen LogP contribution is 2.28. The summed E-state index contributed by atoms with van der Waals surface area (Å²) in [6.07, 6.45) is 3.22. The van der Waals surface area contributed by atoms with Crippen molar-refractivity contribution in [3.05, 3.63) is 17.0 Å². The molecule has 0 saturated carbocycles. The van der Waals surface area contributed by atoms with Gasteiger partial charge in [0.15, 0.2) is 0 Å². The van der Waals surface area contributed by atoms with Crippen molar-refractivity contribution in [1.29, 1.82) is 0 Å². The van der Waals surface area contributed by atoms with Crippen LogP contribution in [0.1, 0.15) is 11.3 Å². The van der Waals surface area contributed by atoms with Crippen molar-refractivity contribution in [1.82, 2.24) is 0 Å². The van der Waals surface area contributed by atoms with E-state index in [1.54, 1.807) is 23.1 Å². The van der Waals surface area contributed by atoms with Gasteiger partial charge in [-0.05, 0) is 18.4 Å². The lowest BCUT2D eigenvalue weighted by Crippen LogP contribution is -2.08. The first-order chi connectivity index (χ1) is 6.83. The van der Waals surface area contributed by atoms with Gasteiger partial charge in [0, 0.05) is 11.8 Å². The zero-order valence-corrected chi connectivity index (χ0v) is 10.9. The lowest BCUT2D eigenvalue weighted by molar-refractivity contribution is 0.104. The Bertz CT molecular complexity index is 350. The van der Waals surface area contributed by atoms with E-state index in [0.717, 1.165) is 17.5 Å². The van der Waals surface area contributed by atoms with Crippen LogP contribution in [0.15, 0.2) is 21.5 Å². The van der Waals surface area contributed by atoms with Crippen LogP contribution in [0, 0.1) is 0 Å². The van der Waals surface area contributed by atoms with Crippen LogP contribution < -0.4 is 0 Å². The molecule has 0 radical (unpaired) electrons. The number of nitrogens with zero attached hydrogens (tertiary/aromatic N) is 1. The summed E-state index contributed by atoms with van der Waals surface area (Å²) in [6.45, 7) is 0. The molecule has 0 aromatic carbocycles. The number of hydrogen-bond donors (Lipinski definition) is 0. The molecule has 5 heteroatoms. The number of hydrogen-bond acceptors (Lipinski definition) is 4. The van der Waals surface area contributed by atoms with Crippen LogP contribution in [0.3, 0.4) is 0 Å². The second-order valence-corrected chi connectivity index (χ2v) is 5.78. The Kier molecular flexibility index (Phi) is 3.52. The molecule has 0 amide bonds. The van der Waals surface area contributed by atoms with Crippen LogP contribution in [0.5, 0.6) is 0 Å². The molecule has 1 aromatic rings. The maximum atomic E-state index is 5.25. The van der Waals surface area contributed by atoms with Gasteiger partial charge < -0.3 is 4.84 Å². The Hall–Kier alpha value is 0.0000000000000000278. The summed E-state index contributed by atoms with van der Waals surface area (Å²) in [5.41, 5.74) is 1.08. The van der Waals surface area contributed by atoms with Crippen molar-refractivity contribution in [3.63, 3.8) is 0 Å². The minimum absolute atomic E-state index is 0.213. The normalized spacial score (nSPS) is 20.7. The maximum Gasteiger partial charge on any atom is 0.142 e. The largest absolute Gasteiger partial charge is 0.391 e. The summed E-state index contributed by atoms with van der Waals surface area (Å²) in [7, 11) is 0. The van der Waals surface area contributed by atoms with Gasteiger partial charge in [0.2, 0.25) is 0 Å². The van der Waals surface area contributed by atoms with Crippen molar-refractivity contribution in [2.75, 3.05) is 11.6 Å². The van der Waals surface area contributed by atoms with Crippen molar-refractivity contribution in [2.24, 2.45) is 5.16 Å². The summed E-state index contributed by atoms with van der Waals surface area (Å²) < 4.78 is 1.32. The van der Waals surface area contributed by atoms with E-state index in [1.165, 1.54) is 9.09 Å². The molecule has 0 saturated heterocycles. The third-order valence-electron chi connectivity index (χ3n) is 1.97. The first-order valence-electron chi connectivity index (χ1n) is 4.26. The second kappa shape index (κ2) is 4.68. The maximum absolute atomic E-state index is 5.25. The van der Waals surface area contributed by atoms with Gasteiger partial charge in [-0.1, -0.05) is 21.1 Å². The van der Waals surface area contributed by atoms with E-state index >= 15 is 0 Å². The van der Waals surface area contributed by atoms with Crippen LogP contribution in [0.4, 0.5) is 0 Å². The van der Waals surface area contributed by atoms with Crippen LogP contribution in [0.25, 0.3) is 0 Å². The molecule has 0 bridgehead atoms. The average Bonchev–Trinajstić information content (AvgIpc) is 2.86. The van der Waals surface area contributed by atoms with Gasteiger partial charge >= 0.3 is 0 Å². The quantitative estimate of drug-likeness (QED) is 0.629. The Morgan fingerprint density at radius 1 is 1.71 bits per heavy atom. The van der Waals surface area contributed by atoms with Crippen LogP contribution >= 0.6 is 39.0 Å². The molecule has 1 unspecified atom stereocenters. The summed E-state index contributed by atoms with van der Waals surface area (Å²) in [6, 6.07) is 4.25. The lowest BCUT2D eigenvalue weighted by Gasteiger charge is -1.99. The number of thiophene rings is 1. The number of thioether (sulfide) groups is 1. The highest BCUT2D eigenvalue weighted by molar-refractivity contribution is 9.09. The van der Waals surface area contributed by atoms with Gasteiger partial charge in [-0.15, -0.1) is 23.1 Å². The molecule has 14 heavy (non-hydrogen) atoms. The second-order valence-electron chi connectivity index (χ2n) is 2.95. The highest BCUT2D eigenvalue weighted by Gasteiger charge is 2.21. The summed E-state index contributed by atoms with van der Waals surface area (Å²) in [5, 5.41) is 4.94. The molecule has 0 spiro atoms. The van der Waals surface area contributed by atoms with Gasteiger partial charge in [0.05, 0.1) is 9.09 Å². The van der Waals surface area contributed by atoms with Crippen LogP contribution in [0.2, 0.25) is 0 Å². The van der Waals surface area contributed by atoms with Gasteiger partial charge in [-0.3, -0.25) is 0 Å². The minimum atomic E-state index is 0.213. The Labute approximate surface area is 99.8 Å². The molecule has 2 rings (SSSR count). The smallest absolute Gasteiger partial charge is 0.142 e. The Morgan fingerprint density at radius 2 is 2.57 bits per heavy atom. The summed E-state index contributed by atoms with van der Waals surface area (Å²) in [5.74, 6) is 0. The Balaban J connectivity index is 2.09. The van der Waals surface area contributed by atoms with E-state index in [1.807, 2.05) is 0 Å². The molecule has 1 aromatic heterocycles. The van der Waals surface area contributed by atoms with E-state index in [9.17, 15) is 0 Å². The van der Waals surface area contributed by atoms with E-state index in [4.69, 9.17) is 4.84 Å². The molecule has 1 atom stereocenters. The van der Waals surface area contributed by atoms with Gasteiger partial charge in [-0.25, -0.2) is 0 Å². The Morgan fingerprint density at radius 3 is 3.14 bits per heavy atom. The number of halogens is 1. The first kappa shape index (κ1) is 10.5. The van der Waals surface area contributed by atoms with Crippen molar-refractivity contribution >= 4 is 44.7 Å². The van der Waals surface area contributed by atoms with Crippen LogP contribution in [-0.2, 0) is 4.84 Å². The standard InChI is InChI=1S/C9H10BrNOS2/c1-13-9-3-2-8(14-9)7-4-6(5-10)12-11-7/h2-3,6H,4-5H2,1H3. The third kappa shape index (κ3) is 2.15. The SMILES string of the molecule is CSc1ccc(C2=NOC(CBr)C2)s1. The van der Waals surface area contributed by atoms with Crippen LogP contribution in [-0.4, -0.2) is 23.4 Å². The number of rotatable bonds is 3. The predicted molar refractivity (Wildman–Crippen MR) is 65.9 cm³/mol. The topological polar surface area (TPSA) is 21.6 Å². The number of alkyl halides is 1. The zero-order valence-electron chi connectivity index (χ0n) is 7.70. The zero-order chi connectivity index (χ0) is 9.97. The monoisotopic (exact) mass is 291 g/mol. The highest BCUT2D eigenvalue weighted by atomic mass is 79.9. The minimum Gasteiger partial charge on any atom is -0.391 e. The molecule has 2 heterocycles. The fourth-order valence-electron chi connectivity index (χ4n) is 1.24. The molecule has 0 N–H and O–H groups in total.